The molecule has 1 fully saturated rings. The summed E-state index contributed by atoms with van der Waals surface area (Å²) in [4.78, 5) is 13.6. The maximum absolute atomic E-state index is 11.8. The molecule has 0 saturated carbocycles. The molecule has 15 heavy (non-hydrogen) atoms. The number of rotatable bonds is 0. The summed E-state index contributed by atoms with van der Waals surface area (Å²) in [5, 5.41) is 0. The van der Waals surface area contributed by atoms with Crippen LogP contribution < -0.4 is 5.73 Å². The normalized spacial score (nSPS) is 27.7. The Morgan fingerprint density at radius 1 is 1.47 bits per heavy atom. The SMILES string of the molecule is C[C@H]1C[C@@H](N)CCN1C(=O)OC(C)(C)C. The van der Waals surface area contributed by atoms with Gasteiger partial charge >= 0.3 is 6.09 Å². The van der Waals surface area contributed by atoms with E-state index in [4.69, 9.17) is 10.5 Å². The van der Waals surface area contributed by atoms with Gasteiger partial charge in [-0.05, 0) is 40.5 Å². The van der Waals surface area contributed by atoms with Crippen LogP contribution >= 0.6 is 0 Å². The zero-order valence-corrected chi connectivity index (χ0v) is 10.1. The molecule has 1 heterocycles. The molecule has 1 aliphatic rings. The van der Waals surface area contributed by atoms with Gasteiger partial charge in [-0.3, -0.25) is 0 Å². The van der Waals surface area contributed by atoms with E-state index in [-0.39, 0.29) is 18.2 Å². The molecular formula is C11H22N2O2. The molecule has 4 heteroatoms. The molecule has 0 unspecified atom stereocenters. The van der Waals surface area contributed by atoms with Gasteiger partial charge in [-0.25, -0.2) is 4.79 Å². The van der Waals surface area contributed by atoms with Gasteiger partial charge in [0.15, 0.2) is 0 Å². The molecule has 0 aromatic heterocycles. The van der Waals surface area contributed by atoms with E-state index in [0.29, 0.717) is 6.54 Å². The highest BCUT2D eigenvalue weighted by molar-refractivity contribution is 5.68. The summed E-state index contributed by atoms with van der Waals surface area (Å²) in [6.07, 6.45) is 1.50. The number of amides is 1. The number of nitrogens with two attached hydrogens (primary N) is 1. The summed E-state index contributed by atoms with van der Waals surface area (Å²) in [6.45, 7) is 8.36. The van der Waals surface area contributed by atoms with Crippen LogP contribution in [-0.2, 0) is 4.74 Å². The second-order valence-electron chi connectivity index (χ2n) is 5.31. The van der Waals surface area contributed by atoms with Crippen LogP contribution in [0, 0.1) is 0 Å². The number of carbonyl (C=O) groups is 1. The van der Waals surface area contributed by atoms with Crippen molar-refractivity contribution in [1.82, 2.24) is 4.90 Å². The highest BCUT2D eigenvalue weighted by Crippen LogP contribution is 2.19. The maximum atomic E-state index is 11.8. The molecule has 0 aromatic carbocycles. The van der Waals surface area contributed by atoms with Crippen LogP contribution in [0.25, 0.3) is 0 Å². The standard InChI is InChI=1S/C11H22N2O2/c1-8-7-9(12)5-6-13(8)10(14)15-11(2,3)4/h8-9H,5-7,12H2,1-4H3/t8-,9-/m0/s1. The highest BCUT2D eigenvalue weighted by Gasteiger charge is 2.30. The van der Waals surface area contributed by atoms with Crippen molar-refractivity contribution in [3.8, 4) is 0 Å². The Morgan fingerprint density at radius 3 is 2.53 bits per heavy atom. The summed E-state index contributed by atoms with van der Waals surface area (Å²) >= 11 is 0. The number of piperidine rings is 1. The van der Waals surface area contributed by atoms with Crippen molar-refractivity contribution in [3.63, 3.8) is 0 Å². The lowest BCUT2D eigenvalue weighted by Gasteiger charge is -2.37. The quantitative estimate of drug-likeness (QED) is 0.668. The molecular weight excluding hydrogens is 192 g/mol. The molecule has 1 amide bonds. The average molecular weight is 214 g/mol. The Kier molecular flexibility index (Phi) is 3.60. The van der Waals surface area contributed by atoms with Gasteiger partial charge in [0.2, 0.25) is 0 Å². The third-order valence-electron chi connectivity index (χ3n) is 2.54. The molecule has 0 radical (unpaired) electrons. The van der Waals surface area contributed by atoms with Crippen LogP contribution in [0.15, 0.2) is 0 Å². The fraction of sp³-hybridized carbons (Fsp3) is 0.909. The van der Waals surface area contributed by atoms with Gasteiger partial charge in [-0.1, -0.05) is 0 Å². The highest BCUT2D eigenvalue weighted by atomic mass is 16.6. The Bertz CT molecular complexity index is 235. The largest absolute Gasteiger partial charge is 0.444 e. The smallest absolute Gasteiger partial charge is 0.410 e. The lowest BCUT2D eigenvalue weighted by molar-refractivity contribution is 0.0107. The number of ether oxygens (including phenoxy) is 1. The van der Waals surface area contributed by atoms with E-state index in [1.54, 1.807) is 4.90 Å². The Labute approximate surface area is 91.8 Å². The molecule has 0 aliphatic carbocycles. The minimum Gasteiger partial charge on any atom is -0.444 e. The van der Waals surface area contributed by atoms with E-state index in [2.05, 4.69) is 0 Å². The number of likely N-dealkylation sites (tertiary alicyclic amines) is 1. The molecule has 4 nitrogen and oxygen atoms in total. The molecule has 2 atom stereocenters. The molecule has 2 N–H and O–H groups in total. The van der Waals surface area contributed by atoms with Crippen molar-refractivity contribution >= 4 is 6.09 Å². The van der Waals surface area contributed by atoms with Crippen molar-refractivity contribution < 1.29 is 9.53 Å². The minimum atomic E-state index is -0.420. The predicted molar refractivity (Wildman–Crippen MR) is 59.6 cm³/mol. The summed E-state index contributed by atoms with van der Waals surface area (Å²) < 4.78 is 5.33. The first-order valence-corrected chi connectivity index (χ1v) is 5.55. The summed E-state index contributed by atoms with van der Waals surface area (Å²) in [5.74, 6) is 0. The first-order valence-electron chi connectivity index (χ1n) is 5.55. The molecule has 0 bridgehead atoms. The van der Waals surface area contributed by atoms with Crippen LogP contribution in [0.2, 0.25) is 0 Å². The first-order chi connectivity index (χ1) is 6.79. The third-order valence-corrected chi connectivity index (χ3v) is 2.54. The van der Waals surface area contributed by atoms with Crippen molar-refractivity contribution in [2.75, 3.05) is 6.54 Å². The maximum Gasteiger partial charge on any atom is 0.410 e. The fourth-order valence-corrected chi connectivity index (χ4v) is 1.80. The second kappa shape index (κ2) is 4.39. The lowest BCUT2D eigenvalue weighted by Crippen LogP contribution is -2.49. The second-order valence-corrected chi connectivity index (χ2v) is 5.31. The Morgan fingerprint density at radius 2 is 2.07 bits per heavy atom. The van der Waals surface area contributed by atoms with Gasteiger partial charge in [0.1, 0.15) is 5.60 Å². The van der Waals surface area contributed by atoms with Crippen molar-refractivity contribution in [1.29, 1.82) is 0 Å². The van der Waals surface area contributed by atoms with Crippen molar-refractivity contribution in [2.24, 2.45) is 5.73 Å². The molecule has 1 rings (SSSR count). The number of nitrogens with zero attached hydrogens (tertiary/aromatic N) is 1. The van der Waals surface area contributed by atoms with Gasteiger partial charge in [-0.2, -0.15) is 0 Å². The Hall–Kier alpha value is -0.770. The molecule has 1 aliphatic heterocycles. The first kappa shape index (κ1) is 12.3. The van der Waals surface area contributed by atoms with Gasteiger partial charge < -0.3 is 15.4 Å². The van der Waals surface area contributed by atoms with Gasteiger partial charge in [-0.15, -0.1) is 0 Å². The van der Waals surface area contributed by atoms with E-state index in [9.17, 15) is 4.79 Å². The predicted octanol–water partition coefficient (Wildman–Crippen LogP) is 1.73. The lowest BCUT2D eigenvalue weighted by atomic mass is 10.00. The van der Waals surface area contributed by atoms with Gasteiger partial charge in [0, 0.05) is 18.6 Å². The van der Waals surface area contributed by atoms with E-state index >= 15 is 0 Å². The van der Waals surface area contributed by atoms with Gasteiger partial charge in [0.25, 0.3) is 0 Å². The zero-order valence-electron chi connectivity index (χ0n) is 10.1. The molecule has 0 aromatic rings. The van der Waals surface area contributed by atoms with E-state index < -0.39 is 5.60 Å². The fourth-order valence-electron chi connectivity index (χ4n) is 1.80. The summed E-state index contributed by atoms with van der Waals surface area (Å²) in [5.41, 5.74) is 5.42. The van der Waals surface area contributed by atoms with Crippen LogP contribution in [-0.4, -0.2) is 35.2 Å². The van der Waals surface area contributed by atoms with Crippen LogP contribution in [0.3, 0.4) is 0 Å². The average Bonchev–Trinajstić information content (AvgIpc) is 1.99. The topological polar surface area (TPSA) is 55.6 Å². The number of hydrogen-bond acceptors (Lipinski definition) is 3. The summed E-state index contributed by atoms with van der Waals surface area (Å²) in [6, 6.07) is 0.405. The monoisotopic (exact) mass is 214 g/mol. The van der Waals surface area contributed by atoms with Crippen molar-refractivity contribution in [2.45, 2.75) is 58.2 Å². The van der Waals surface area contributed by atoms with Crippen LogP contribution in [0.1, 0.15) is 40.5 Å². The van der Waals surface area contributed by atoms with Crippen LogP contribution in [0.4, 0.5) is 4.79 Å². The third kappa shape index (κ3) is 3.70. The summed E-state index contributed by atoms with van der Waals surface area (Å²) in [7, 11) is 0. The zero-order chi connectivity index (χ0) is 11.6. The van der Waals surface area contributed by atoms with Crippen molar-refractivity contribution in [3.05, 3.63) is 0 Å². The molecule has 0 spiro atoms. The van der Waals surface area contributed by atoms with E-state index in [1.165, 1.54) is 0 Å². The molecule has 88 valence electrons. The van der Waals surface area contributed by atoms with Crippen LogP contribution in [0.5, 0.6) is 0 Å². The van der Waals surface area contributed by atoms with Gasteiger partial charge in [0.05, 0.1) is 0 Å². The van der Waals surface area contributed by atoms with E-state index in [0.717, 1.165) is 12.8 Å². The Balaban J connectivity index is 2.53. The molecule has 1 saturated heterocycles. The minimum absolute atomic E-state index is 0.184. The number of hydrogen-bond donors (Lipinski definition) is 1. The number of carbonyl (C=O) groups excluding carboxylic acids is 1. The van der Waals surface area contributed by atoms with E-state index in [1.807, 2.05) is 27.7 Å².